The van der Waals surface area contributed by atoms with Crippen LogP contribution in [0.3, 0.4) is 0 Å². The van der Waals surface area contributed by atoms with Gasteiger partial charge in [0.2, 0.25) is 5.95 Å². The van der Waals surface area contributed by atoms with E-state index in [2.05, 4.69) is 15.3 Å². The molecule has 0 bridgehead atoms. The smallest absolute Gasteiger partial charge is 0.231 e. The topological polar surface area (TPSA) is 48.5 Å². The molecule has 0 saturated heterocycles. The maximum absolute atomic E-state index is 4.22. The molecule has 0 atom stereocenters. The number of nitrogens with zero attached hydrogens (tertiary/aromatic N) is 5. The molecular weight excluding hydrogens is 214 g/mol. The second-order valence-electron chi connectivity index (χ2n) is 3.75. The minimum Gasteiger partial charge on any atom is -0.319 e. The maximum Gasteiger partial charge on any atom is 0.231 e. The summed E-state index contributed by atoms with van der Waals surface area (Å²) in [6, 6.07) is 9.95. The van der Waals surface area contributed by atoms with Gasteiger partial charge < -0.3 is 4.57 Å². The highest BCUT2D eigenvalue weighted by Crippen LogP contribution is 2.16. The summed E-state index contributed by atoms with van der Waals surface area (Å²) in [5, 5.41) is 8.22. The van der Waals surface area contributed by atoms with Gasteiger partial charge in [-0.25, -0.2) is 4.98 Å². The van der Waals surface area contributed by atoms with Crippen molar-refractivity contribution in [3.8, 4) is 17.2 Å². The molecular formula is C12H11N5. The Morgan fingerprint density at radius 2 is 1.94 bits per heavy atom. The second-order valence-corrected chi connectivity index (χ2v) is 3.75. The van der Waals surface area contributed by atoms with Crippen LogP contribution in [0.25, 0.3) is 17.2 Å². The zero-order chi connectivity index (χ0) is 11.7. The van der Waals surface area contributed by atoms with Crippen LogP contribution in [0.5, 0.6) is 0 Å². The summed E-state index contributed by atoms with van der Waals surface area (Å²) in [6.45, 7) is 0. The van der Waals surface area contributed by atoms with E-state index in [-0.39, 0.29) is 0 Å². The van der Waals surface area contributed by atoms with Crippen LogP contribution >= 0.6 is 0 Å². The average molecular weight is 225 g/mol. The molecule has 0 aliphatic rings. The standard InChI is InChI=1S/C12H11N5/c1-16-8-7-13-12(16)17-9-11(14-15-17)10-5-3-2-4-6-10/h2-9H,1H3. The first-order chi connectivity index (χ1) is 8.34. The summed E-state index contributed by atoms with van der Waals surface area (Å²) >= 11 is 0. The van der Waals surface area contributed by atoms with Crippen molar-refractivity contribution in [2.24, 2.45) is 7.05 Å². The highest BCUT2D eigenvalue weighted by molar-refractivity contribution is 5.57. The molecule has 3 aromatic rings. The average Bonchev–Trinajstić information content (AvgIpc) is 2.98. The van der Waals surface area contributed by atoms with Gasteiger partial charge in [-0.15, -0.1) is 5.10 Å². The summed E-state index contributed by atoms with van der Waals surface area (Å²) in [5.74, 6) is 0.750. The lowest BCUT2D eigenvalue weighted by Crippen LogP contribution is -2.03. The van der Waals surface area contributed by atoms with Gasteiger partial charge in [0.15, 0.2) is 0 Å². The fourth-order valence-corrected chi connectivity index (χ4v) is 1.68. The van der Waals surface area contributed by atoms with Crippen molar-refractivity contribution in [3.63, 3.8) is 0 Å². The Kier molecular flexibility index (Phi) is 2.22. The molecule has 0 spiro atoms. The van der Waals surface area contributed by atoms with Gasteiger partial charge in [-0.05, 0) is 0 Å². The Morgan fingerprint density at radius 3 is 2.65 bits per heavy atom. The number of hydrogen-bond acceptors (Lipinski definition) is 3. The molecule has 5 heteroatoms. The molecule has 0 radical (unpaired) electrons. The van der Waals surface area contributed by atoms with E-state index in [1.54, 1.807) is 10.9 Å². The molecule has 1 aromatic carbocycles. The third-order valence-corrected chi connectivity index (χ3v) is 2.56. The van der Waals surface area contributed by atoms with Gasteiger partial charge in [-0.3, -0.25) is 0 Å². The SMILES string of the molecule is Cn1ccnc1-n1cc(-c2ccccc2)nn1. The predicted molar refractivity (Wildman–Crippen MR) is 63.6 cm³/mol. The van der Waals surface area contributed by atoms with E-state index in [1.807, 2.05) is 54.3 Å². The zero-order valence-electron chi connectivity index (χ0n) is 9.35. The summed E-state index contributed by atoms with van der Waals surface area (Å²) in [4.78, 5) is 4.22. The van der Waals surface area contributed by atoms with Gasteiger partial charge in [0.25, 0.3) is 0 Å². The summed E-state index contributed by atoms with van der Waals surface area (Å²) < 4.78 is 3.56. The lowest BCUT2D eigenvalue weighted by atomic mass is 10.2. The van der Waals surface area contributed by atoms with Crippen LogP contribution in [0, 0.1) is 0 Å². The van der Waals surface area contributed by atoms with Crippen molar-refractivity contribution >= 4 is 0 Å². The van der Waals surface area contributed by atoms with Crippen molar-refractivity contribution in [1.82, 2.24) is 24.5 Å². The molecule has 2 aromatic heterocycles. The number of aryl methyl sites for hydroxylation is 1. The van der Waals surface area contributed by atoms with Crippen LogP contribution in [0.4, 0.5) is 0 Å². The van der Waals surface area contributed by atoms with Gasteiger partial charge in [0, 0.05) is 25.0 Å². The normalized spacial score (nSPS) is 10.6. The van der Waals surface area contributed by atoms with Crippen molar-refractivity contribution in [3.05, 3.63) is 48.9 Å². The largest absolute Gasteiger partial charge is 0.319 e. The van der Waals surface area contributed by atoms with E-state index >= 15 is 0 Å². The van der Waals surface area contributed by atoms with Gasteiger partial charge in [0.05, 0.1) is 6.20 Å². The van der Waals surface area contributed by atoms with E-state index < -0.39 is 0 Å². The van der Waals surface area contributed by atoms with Gasteiger partial charge in [0.1, 0.15) is 5.69 Å². The Morgan fingerprint density at radius 1 is 1.12 bits per heavy atom. The lowest BCUT2D eigenvalue weighted by molar-refractivity contribution is 0.715. The van der Waals surface area contributed by atoms with Crippen LogP contribution in [0.2, 0.25) is 0 Å². The van der Waals surface area contributed by atoms with Crippen molar-refractivity contribution in [2.45, 2.75) is 0 Å². The molecule has 0 aliphatic heterocycles. The molecule has 0 aliphatic carbocycles. The zero-order valence-corrected chi connectivity index (χ0v) is 9.35. The van der Waals surface area contributed by atoms with Crippen LogP contribution in [-0.4, -0.2) is 24.5 Å². The molecule has 84 valence electrons. The van der Waals surface area contributed by atoms with Crippen LogP contribution in [0.15, 0.2) is 48.9 Å². The van der Waals surface area contributed by atoms with Gasteiger partial charge in [-0.2, -0.15) is 4.68 Å². The highest BCUT2D eigenvalue weighted by Gasteiger charge is 2.07. The molecule has 5 nitrogen and oxygen atoms in total. The molecule has 0 amide bonds. The number of hydrogen-bond donors (Lipinski definition) is 0. The van der Waals surface area contributed by atoms with E-state index in [0.717, 1.165) is 17.2 Å². The minimum absolute atomic E-state index is 0.750. The summed E-state index contributed by atoms with van der Waals surface area (Å²) in [7, 11) is 1.92. The first-order valence-electron chi connectivity index (χ1n) is 5.30. The fraction of sp³-hybridized carbons (Fsp3) is 0.0833. The summed E-state index contributed by atoms with van der Waals surface area (Å²) in [5.41, 5.74) is 1.89. The van der Waals surface area contributed by atoms with Crippen molar-refractivity contribution < 1.29 is 0 Å². The van der Waals surface area contributed by atoms with Gasteiger partial charge in [-0.1, -0.05) is 35.5 Å². The molecule has 0 unspecified atom stereocenters. The molecule has 0 N–H and O–H groups in total. The van der Waals surface area contributed by atoms with E-state index in [0.29, 0.717) is 0 Å². The molecule has 2 heterocycles. The first kappa shape index (κ1) is 9.77. The lowest BCUT2D eigenvalue weighted by Gasteiger charge is -1.98. The van der Waals surface area contributed by atoms with E-state index in [4.69, 9.17) is 0 Å². The summed E-state index contributed by atoms with van der Waals surface area (Å²) in [6.07, 6.45) is 5.48. The molecule has 17 heavy (non-hydrogen) atoms. The third kappa shape index (κ3) is 1.71. The number of aromatic nitrogens is 5. The number of rotatable bonds is 2. The molecule has 0 saturated carbocycles. The van der Waals surface area contributed by atoms with Crippen LogP contribution in [0.1, 0.15) is 0 Å². The first-order valence-corrected chi connectivity index (χ1v) is 5.30. The molecule has 0 fully saturated rings. The Hall–Kier alpha value is -2.43. The van der Waals surface area contributed by atoms with Crippen molar-refractivity contribution in [1.29, 1.82) is 0 Å². The second kappa shape index (κ2) is 3.86. The maximum atomic E-state index is 4.22. The predicted octanol–water partition coefficient (Wildman–Crippen LogP) is 1.67. The quantitative estimate of drug-likeness (QED) is 0.666. The fourth-order valence-electron chi connectivity index (χ4n) is 1.68. The number of benzene rings is 1. The molecule has 3 rings (SSSR count). The minimum atomic E-state index is 0.750. The van der Waals surface area contributed by atoms with Crippen LogP contribution in [-0.2, 0) is 7.05 Å². The monoisotopic (exact) mass is 225 g/mol. The van der Waals surface area contributed by atoms with E-state index in [1.165, 1.54) is 0 Å². The third-order valence-electron chi connectivity index (χ3n) is 2.56. The Balaban J connectivity index is 2.02. The van der Waals surface area contributed by atoms with E-state index in [9.17, 15) is 0 Å². The highest BCUT2D eigenvalue weighted by atomic mass is 15.5. The Bertz CT molecular complexity index is 623. The van der Waals surface area contributed by atoms with Crippen molar-refractivity contribution in [2.75, 3.05) is 0 Å². The van der Waals surface area contributed by atoms with Crippen LogP contribution < -0.4 is 0 Å². The van der Waals surface area contributed by atoms with Gasteiger partial charge >= 0.3 is 0 Å². The Labute approximate surface area is 98.3 Å². The number of imidazole rings is 1.